The molecule has 0 saturated carbocycles. The molecular weight excluding hydrogens is 248 g/mol. The molecule has 0 spiro atoms. The molecule has 1 N–H and O–H groups in total. The first-order chi connectivity index (χ1) is 8.34. The van der Waals surface area contributed by atoms with Crippen molar-refractivity contribution in [1.29, 1.82) is 0 Å². The molecule has 0 bridgehead atoms. The van der Waals surface area contributed by atoms with Gasteiger partial charge in [-0.25, -0.2) is 0 Å². The Morgan fingerprint density at radius 1 is 1.00 bits per heavy atom. The van der Waals surface area contributed by atoms with Gasteiger partial charge in [0.1, 0.15) is 0 Å². The van der Waals surface area contributed by atoms with Crippen LogP contribution in [0.1, 0.15) is 0 Å². The van der Waals surface area contributed by atoms with Gasteiger partial charge in [-0.1, -0.05) is 30.0 Å². The van der Waals surface area contributed by atoms with E-state index < -0.39 is 0 Å². The molecular formula is C13H8N2S2. The van der Waals surface area contributed by atoms with Crippen LogP contribution < -0.4 is 0 Å². The van der Waals surface area contributed by atoms with Crippen LogP contribution in [0.2, 0.25) is 0 Å². The highest BCUT2D eigenvalue weighted by molar-refractivity contribution is 7.99. The molecule has 0 unspecified atom stereocenters. The third-order valence-electron chi connectivity index (χ3n) is 2.99. The Morgan fingerprint density at radius 2 is 1.82 bits per heavy atom. The molecule has 2 nitrogen and oxygen atoms in total. The number of hydrogen-bond acceptors (Lipinski definition) is 2. The van der Waals surface area contributed by atoms with Gasteiger partial charge in [0.15, 0.2) is 4.77 Å². The van der Waals surface area contributed by atoms with Gasteiger partial charge in [-0.2, -0.15) is 0 Å². The first kappa shape index (κ1) is 9.50. The number of fused-ring (bicyclic) bond motifs is 2. The van der Waals surface area contributed by atoms with Crippen LogP contribution in [0.3, 0.4) is 0 Å². The standard InChI is InChI=1S/C13H8N2S2/c16-13-14-8-4-3-7-11-12(8)15(13)9-5-1-2-6-10(9)17-11/h1-7H,(H,14,16). The fraction of sp³-hybridized carbons (Fsp3) is 0. The molecule has 0 amide bonds. The largest absolute Gasteiger partial charge is 0.330 e. The summed E-state index contributed by atoms with van der Waals surface area (Å²) in [5.74, 6) is 0. The molecule has 17 heavy (non-hydrogen) atoms. The highest BCUT2D eigenvalue weighted by Gasteiger charge is 2.19. The van der Waals surface area contributed by atoms with Crippen molar-refractivity contribution in [3.8, 4) is 5.69 Å². The average Bonchev–Trinajstić information content (AvgIpc) is 2.69. The van der Waals surface area contributed by atoms with Crippen LogP contribution in [-0.2, 0) is 0 Å². The maximum atomic E-state index is 5.42. The van der Waals surface area contributed by atoms with E-state index in [-0.39, 0.29) is 0 Å². The van der Waals surface area contributed by atoms with E-state index in [0.717, 1.165) is 10.3 Å². The highest BCUT2D eigenvalue weighted by Crippen LogP contribution is 2.42. The number of nitrogens with zero attached hydrogens (tertiary/aromatic N) is 1. The Morgan fingerprint density at radius 3 is 2.76 bits per heavy atom. The van der Waals surface area contributed by atoms with E-state index in [4.69, 9.17) is 12.2 Å². The summed E-state index contributed by atoms with van der Waals surface area (Å²) < 4.78 is 2.89. The van der Waals surface area contributed by atoms with E-state index in [9.17, 15) is 0 Å². The van der Waals surface area contributed by atoms with Gasteiger partial charge in [0.25, 0.3) is 0 Å². The maximum Gasteiger partial charge on any atom is 0.182 e. The summed E-state index contributed by atoms with van der Waals surface area (Å²) in [6.45, 7) is 0. The van der Waals surface area contributed by atoms with Gasteiger partial charge in [-0.15, -0.1) is 0 Å². The monoisotopic (exact) mass is 256 g/mol. The van der Waals surface area contributed by atoms with Gasteiger partial charge in [0.05, 0.1) is 16.7 Å². The number of hydrogen-bond donors (Lipinski definition) is 1. The van der Waals surface area contributed by atoms with E-state index in [1.54, 1.807) is 11.8 Å². The second kappa shape index (κ2) is 3.24. The summed E-state index contributed by atoms with van der Waals surface area (Å²) in [7, 11) is 0. The summed E-state index contributed by atoms with van der Waals surface area (Å²) in [6.07, 6.45) is 0. The summed E-state index contributed by atoms with van der Waals surface area (Å²) in [5, 5.41) is 0. The normalized spacial score (nSPS) is 12.7. The minimum atomic E-state index is 0.764. The fourth-order valence-electron chi connectivity index (χ4n) is 2.29. The Hall–Kier alpha value is -1.52. The molecule has 3 aromatic rings. The van der Waals surface area contributed by atoms with Gasteiger partial charge >= 0.3 is 0 Å². The summed E-state index contributed by atoms with van der Waals surface area (Å²) >= 11 is 7.22. The Labute approximate surface area is 107 Å². The van der Waals surface area contributed by atoms with Crippen molar-refractivity contribution in [1.82, 2.24) is 9.55 Å². The molecule has 0 aliphatic carbocycles. The molecule has 0 saturated heterocycles. The van der Waals surface area contributed by atoms with Crippen molar-refractivity contribution in [2.45, 2.75) is 9.79 Å². The van der Waals surface area contributed by atoms with Crippen molar-refractivity contribution in [3.05, 3.63) is 47.2 Å². The lowest BCUT2D eigenvalue weighted by atomic mass is 10.2. The Balaban J connectivity index is 2.28. The number of aromatic nitrogens is 2. The second-order valence-electron chi connectivity index (χ2n) is 3.99. The Kier molecular flexibility index (Phi) is 1.81. The first-order valence-corrected chi connectivity index (χ1v) is 6.58. The number of benzene rings is 2. The second-order valence-corrected chi connectivity index (χ2v) is 5.46. The first-order valence-electron chi connectivity index (χ1n) is 5.35. The molecule has 4 rings (SSSR count). The van der Waals surface area contributed by atoms with Gasteiger partial charge in [0.2, 0.25) is 0 Å². The van der Waals surface area contributed by atoms with Crippen LogP contribution in [0.15, 0.2) is 52.3 Å². The van der Waals surface area contributed by atoms with Gasteiger partial charge in [-0.3, -0.25) is 4.57 Å². The molecule has 1 aliphatic heterocycles. The van der Waals surface area contributed by atoms with E-state index in [2.05, 4.69) is 45.9 Å². The predicted octanol–water partition coefficient (Wildman–Crippen LogP) is 4.15. The van der Waals surface area contributed by atoms with Crippen LogP contribution in [0, 0.1) is 4.77 Å². The van der Waals surface area contributed by atoms with Crippen molar-refractivity contribution >= 4 is 35.0 Å². The smallest absolute Gasteiger partial charge is 0.182 e. The lowest BCUT2D eigenvalue weighted by molar-refractivity contribution is 1.01. The molecule has 82 valence electrons. The van der Waals surface area contributed by atoms with Gasteiger partial charge in [-0.05, 0) is 36.5 Å². The third-order valence-corrected chi connectivity index (χ3v) is 4.39. The lowest BCUT2D eigenvalue weighted by Gasteiger charge is -2.17. The van der Waals surface area contributed by atoms with Crippen molar-refractivity contribution < 1.29 is 0 Å². The SMILES string of the molecule is S=c1[nH]c2cccc3c2n1-c1ccccc1S3. The number of nitrogens with one attached hydrogen (secondary N) is 1. The quantitative estimate of drug-likeness (QED) is 0.477. The van der Waals surface area contributed by atoms with Crippen LogP contribution in [-0.4, -0.2) is 9.55 Å². The van der Waals surface area contributed by atoms with Crippen molar-refractivity contribution in [2.75, 3.05) is 0 Å². The maximum absolute atomic E-state index is 5.42. The molecule has 4 heteroatoms. The molecule has 0 radical (unpaired) electrons. The zero-order valence-corrected chi connectivity index (χ0v) is 10.4. The number of rotatable bonds is 0. The van der Waals surface area contributed by atoms with E-state index in [1.807, 2.05) is 6.07 Å². The number of imidazole rings is 1. The number of para-hydroxylation sites is 2. The minimum Gasteiger partial charge on any atom is -0.330 e. The molecule has 1 aliphatic rings. The number of aromatic amines is 1. The van der Waals surface area contributed by atoms with Gasteiger partial charge in [0, 0.05) is 9.79 Å². The van der Waals surface area contributed by atoms with Crippen LogP contribution >= 0.6 is 24.0 Å². The molecule has 1 aromatic heterocycles. The van der Waals surface area contributed by atoms with E-state index >= 15 is 0 Å². The Bertz CT molecular complexity index is 799. The van der Waals surface area contributed by atoms with E-state index in [1.165, 1.54) is 21.0 Å². The fourth-order valence-corrected chi connectivity index (χ4v) is 3.68. The van der Waals surface area contributed by atoms with Gasteiger partial charge < -0.3 is 4.98 Å². The number of H-pyrrole nitrogens is 1. The third kappa shape index (κ3) is 1.19. The minimum absolute atomic E-state index is 0.764. The van der Waals surface area contributed by atoms with E-state index in [0.29, 0.717) is 0 Å². The molecule has 2 aromatic carbocycles. The highest BCUT2D eigenvalue weighted by atomic mass is 32.2. The van der Waals surface area contributed by atoms with Crippen molar-refractivity contribution in [2.24, 2.45) is 0 Å². The molecule has 0 fully saturated rings. The molecule has 0 atom stereocenters. The van der Waals surface area contributed by atoms with Crippen LogP contribution in [0.5, 0.6) is 0 Å². The topological polar surface area (TPSA) is 20.7 Å². The zero-order valence-electron chi connectivity index (χ0n) is 8.81. The predicted molar refractivity (Wildman–Crippen MR) is 72.6 cm³/mol. The molecule has 2 heterocycles. The zero-order chi connectivity index (χ0) is 11.4. The van der Waals surface area contributed by atoms with Crippen molar-refractivity contribution in [3.63, 3.8) is 0 Å². The van der Waals surface area contributed by atoms with Crippen LogP contribution in [0.25, 0.3) is 16.7 Å². The summed E-state index contributed by atoms with van der Waals surface area (Å²) in [5.41, 5.74) is 3.48. The lowest BCUT2D eigenvalue weighted by Crippen LogP contribution is -2.01. The summed E-state index contributed by atoms with van der Waals surface area (Å²) in [4.78, 5) is 5.78. The average molecular weight is 256 g/mol. The summed E-state index contributed by atoms with van der Waals surface area (Å²) in [6, 6.07) is 14.6. The van der Waals surface area contributed by atoms with Crippen LogP contribution in [0.4, 0.5) is 0 Å².